The number of methoxy groups -OCH3 is 1. The normalized spacial score (nSPS) is 12.2. The first-order chi connectivity index (χ1) is 7.45. The Morgan fingerprint density at radius 2 is 2.19 bits per heavy atom. The number of ether oxygens (including phenoxy) is 1. The first-order valence-electron chi connectivity index (χ1n) is 4.65. The van der Waals surface area contributed by atoms with Gasteiger partial charge in [0.15, 0.2) is 0 Å². The maximum atomic E-state index is 10.7. The predicted octanol–water partition coefficient (Wildman–Crippen LogP) is 2.89. The van der Waals surface area contributed by atoms with Crippen LogP contribution in [-0.4, -0.2) is 23.6 Å². The van der Waals surface area contributed by atoms with Gasteiger partial charge in [-0.2, -0.15) is 0 Å². The van der Waals surface area contributed by atoms with Crippen molar-refractivity contribution >= 4 is 29.2 Å². The number of carboxylic acids is 1. The van der Waals surface area contributed by atoms with Crippen LogP contribution in [0, 0.1) is 6.92 Å². The van der Waals surface area contributed by atoms with Gasteiger partial charge in [0.05, 0.1) is 7.11 Å². The third-order valence-corrected chi connectivity index (χ3v) is 2.98. The van der Waals surface area contributed by atoms with Crippen LogP contribution < -0.4 is 4.74 Å². The van der Waals surface area contributed by atoms with Crippen molar-refractivity contribution in [3.05, 3.63) is 28.3 Å². The molecule has 88 valence electrons. The van der Waals surface area contributed by atoms with E-state index in [1.54, 1.807) is 12.1 Å². The number of benzene rings is 1. The lowest BCUT2D eigenvalue weighted by Crippen LogP contribution is -2.16. The molecule has 0 bridgehead atoms. The first kappa shape index (κ1) is 13.1. The highest BCUT2D eigenvalue weighted by molar-refractivity contribution is 6.31. The van der Waals surface area contributed by atoms with Crippen LogP contribution >= 0.6 is 23.2 Å². The average molecular weight is 263 g/mol. The standard InChI is InChI=1S/C11H12Cl2O3/c1-6-3-7(4-9(13)11(14)15)10(16-2)5-8(6)12/h3,5,9H,4H2,1-2H3,(H,14,15). The van der Waals surface area contributed by atoms with Crippen LogP contribution in [0.1, 0.15) is 11.1 Å². The zero-order chi connectivity index (χ0) is 12.3. The van der Waals surface area contributed by atoms with Gasteiger partial charge in [-0.1, -0.05) is 17.7 Å². The van der Waals surface area contributed by atoms with Crippen LogP contribution in [0.2, 0.25) is 5.02 Å². The number of carboxylic acid groups (broad SMARTS) is 1. The summed E-state index contributed by atoms with van der Waals surface area (Å²) >= 11 is 11.6. The van der Waals surface area contributed by atoms with E-state index in [-0.39, 0.29) is 6.42 Å². The van der Waals surface area contributed by atoms with Gasteiger partial charge in [0.25, 0.3) is 0 Å². The van der Waals surface area contributed by atoms with E-state index in [9.17, 15) is 4.79 Å². The summed E-state index contributed by atoms with van der Waals surface area (Å²) in [6.45, 7) is 1.84. The Kier molecular flexibility index (Phi) is 4.44. The summed E-state index contributed by atoms with van der Waals surface area (Å²) in [6, 6.07) is 3.46. The maximum Gasteiger partial charge on any atom is 0.321 e. The van der Waals surface area contributed by atoms with Crippen LogP contribution in [-0.2, 0) is 11.2 Å². The molecule has 0 saturated carbocycles. The van der Waals surface area contributed by atoms with Crippen LogP contribution in [0.5, 0.6) is 5.75 Å². The molecule has 0 radical (unpaired) electrons. The van der Waals surface area contributed by atoms with Crippen molar-refractivity contribution in [3.63, 3.8) is 0 Å². The minimum absolute atomic E-state index is 0.206. The van der Waals surface area contributed by atoms with Gasteiger partial charge in [0.2, 0.25) is 0 Å². The van der Waals surface area contributed by atoms with Crippen molar-refractivity contribution in [2.45, 2.75) is 18.7 Å². The van der Waals surface area contributed by atoms with Crippen molar-refractivity contribution in [1.82, 2.24) is 0 Å². The molecule has 0 aliphatic carbocycles. The maximum absolute atomic E-state index is 10.7. The van der Waals surface area contributed by atoms with Gasteiger partial charge in [0, 0.05) is 11.4 Å². The minimum atomic E-state index is -1.05. The van der Waals surface area contributed by atoms with E-state index in [2.05, 4.69) is 0 Å². The molecule has 1 N–H and O–H groups in total. The number of hydrogen-bond donors (Lipinski definition) is 1. The summed E-state index contributed by atoms with van der Waals surface area (Å²) in [6.07, 6.45) is 0.206. The molecule has 1 rings (SSSR count). The molecule has 0 aliphatic heterocycles. The third-order valence-electron chi connectivity index (χ3n) is 2.23. The largest absolute Gasteiger partial charge is 0.496 e. The summed E-state index contributed by atoms with van der Waals surface area (Å²) < 4.78 is 5.13. The van der Waals surface area contributed by atoms with Crippen molar-refractivity contribution < 1.29 is 14.6 Å². The highest BCUT2D eigenvalue weighted by atomic mass is 35.5. The quantitative estimate of drug-likeness (QED) is 0.849. The topological polar surface area (TPSA) is 46.5 Å². The van der Waals surface area contributed by atoms with E-state index in [1.165, 1.54) is 7.11 Å². The SMILES string of the molecule is COc1cc(Cl)c(C)cc1CC(Cl)C(=O)O. The van der Waals surface area contributed by atoms with Crippen molar-refractivity contribution in [3.8, 4) is 5.75 Å². The molecule has 5 heteroatoms. The molecule has 0 aliphatic rings. The minimum Gasteiger partial charge on any atom is -0.496 e. The van der Waals surface area contributed by atoms with Gasteiger partial charge in [-0.3, -0.25) is 4.79 Å². The molecule has 0 heterocycles. The predicted molar refractivity (Wildman–Crippen MR) is 63.7 cm³/mol. The average Bonchev–Trinajstić information content (AvgIpc) is 2.22. The van der Waals surface area contributed by atoms with Gasteiger partial charge in [-0.25, -0.2) is 0 Å². The molecule has 0 aromatic heterocycles. The summed E-state index contributed by atoms with van der Waals surface area (Å²) in [5, 5.41) is 8.35. The molecule has 3 nitrogen and oxygen atoms in total. The van der Waals surface area contributed by atoms with E-state index >= 15 is 0 Å². The molecule has 1 unspecified atom stereocenters. The fourth-order valence-electron chi connectivity index (χ4n) is 1.35. The Balaban J connectivity index is 3.03. The molecule has 16 heavy (non-hydrogen) atoms. The number of hydrogen-bond acceptors (Lipinski definition) is 2. The van der Waals surface area contributed by atoms with E-state index < -0.39 is 11.3 Å². The van der Waals surface area contributed by atoms with Gasteiger partial charge in [0.1, 0.15) is 11.1 Å². The van der Waals surface area contributed by atoms with Crippen LogP contribution in [0.3, 0.4) is 0 Å². The van der Waals surface area contributed by atoms with Crippen LogP contribution in [0.15, 0.2) is 12.1 Å². The van der Waals surface area contributed by atoms with Gasteiger partial charge in [-0.05, 0) is 24.1 Å². The lowest BCUT2D eigenvalue weighted by Gasteiger charge is -2.12. The monoisotopic (exact) mass is 262 g/mol. The van der Waals surface area contributed by atoms with Gasteiger partial charge < -0.3 is 9.84 Å². The molecular formula is C11H12Cl2O3. The first-order valence-corrected chi connectivity index (χ1v) is 5.47. The van der Waals surface area contributed by atoms with E-state index in [1.807, 2.05) is 6.92 Å². The Morgan fingerprint density at radius 1 is 1.56 bits per heavy atom. The Morgan fingerprint density at radius 3 is 2.69 bits per heavy atom. The molecule has 0 saturated heterocycles. The summed E-state index contributed by atoms with van der Waals surface area (Å²) in [4.78, 5) is 10.7. The second-order valence-corrected chi connectivity index (χ2v) is 4.36. The summed E-state index contributed by atoms with van der Waals surface area (Å²) in [7, 11) is 1.51. The Bertz CT molecular complexity index is 404. The molecule has 1 aromatic rings. The highest BCUT2D eigenvalue weighted by Gasteiger charge is 2.17. The molecule has 0 fully saturated rings. The fourth-order valence-corrected chi connectivity index (χ4v) is 1.67. The van der Waals surface area contributed by atoms with E-state index in [0.717, 1.165) is 11.1 Å². The lowest BCUT2D eigenvalue weighted by molar-refractivity contribution is -0.136. The number of carbonyl (C=O) groups is 1. The van der Waals surface area contributed by atoms with Gasteiger partial charge >= 0.3 is 5.97 Å². The number of rotatable bonds is 4. The molecular weight excluding hydrogens is 251 g/mol. The van der Waals surface area contributed by atoms with Gasteiger partial charge in [-0.15, -0.1) is 11.6 Å². The zero-order valence-electron chi connectivity index (χ0n) is 8.96. The van der Waals surface area contributed by atoms with Crippen molar-refractivity contribution in [1.29, 1.82) is 0 Å². The highest BCUT2D eigenvalue weighted by Crippen LogP contribution is 2.28. The number of halogens is 2. The molecule has 1 aromatic carbocycles. The van der Waals surface area contributed by atoms with Crippen molar-refractivity contribution in [2.24, 2.45) is 0 Å². The number of alkyl halides is 1. The van der Waals surface area contributed by atoms with Crippen LogP contribution in [0.25, 0.3) is 0 Å². The second kappa shape index (κ2) is 5.41. The third kappa shape index (κ3) is 3.03. The van der Waals surface area contributed by atoms with E-state index in [0.29, 0.717) is 10.8 Å². The Hall–Kier alpha value is -0.930. The zero-order valence-corrected chi connectivity index (χ0v) is 10.5. The summed E-state index contributed by atoms with van der Waals surface area (Å²) in [5.41, 5.74) is 1.61. The smallest absolute Gasteiger partial charge is 0.321 e. The Labute approximate surface area is 104 Å². The second-order valence-electron chi connectivity index (χ2n) is 3.42. The molecule has 0 amide bonds. The molecule has 1 atom stereocenters. The summed E-state index contributed by atoms with van der Waals surface area (Å²) in [5.74, 6) is -0.487. The fraction of sp³-hybridized carbons (Fsp3) is 0.364. The van der Waals surface area contributed by atoms with Crippen molar-refractivity contribution in [2.75, 3.05) is 7.11 Å². The number of aliphatic carboxylic acids is 1. The lowest BCUT2D eigenvalue weighted by atomic mass is 10.1. The number of aryl methyl sites for hydroxylation is 1. The molecule has 0 spiro atoms. The van der Waals surface area contributed by atoms with Crippen LogP contribution in [0.4, 0.5) is 0 Å². The van der Waals surface area contributed by atoms with E-state index in [4.69, 9.17) is 33.0 Å².